The Morgan fingerprint density at radius 3 is 1.50 bits per heavy atom. The molecule has 7 heteroatoms. The number of fused-ring (bicyclic) bond motifs is 5. The van der Waals surface area contributed by atoms with Crippen LogP contribution in [-0.2, 0) is 0 Å². The van der Waals surface area contributed by atoms with E-state index in [1.54, 1.807) is 18.6 Å². The van der Waals surface area contributed by atoms with Crippen LogP contribution in [0, 0.1) is 0 Å². The largest absolute Gasteiger partial charge is 0.437 e. The third-order valence-electron chi connectivity index (χ3n) is 9.53. The van der Waals surface area contributed by atoms with E-state index in [0.29, 0.717) is 5.71 Å². The lowest BCUT2D eigenvalue weighted by molar-refractivity contribution is 0.655. The Labute approximate surface area is 298 Å². The molecule has 244 valence electrons. The smallest absolute Gasteiger partial charge is 0.227 e. The molecule has 0 N–H and O–H groups in total. The van der Waals surface area contributed by atoms with Crippen LogP contribution in [0.3, 0.4) is 0 Å². The highest BCUT2D eigenvalue weighted by atomic mass is 16.3. The molecule has 0 amide bonds. The van der Waals surface area contributed by atoms with Crippen LogP contribution in [0.4, 0.5) is 17.1 Å². The van der Waals surface area contributed by atoms with E-state index >= 15 is 0 Å². The predicted molar refractivity (Wildman–Crippen MR) is 209 cm³/mol. The van der Waals surface area contributed by atoms with Crippen molar-refractivity contribution in [1.82, 2.24) is 24.9 Å². The average molecular weight is 669 g/mol. The second-order valence-electron chi connectivity index (χ2n) is 12.6. The van der Waals surface area contributed by atoms with E-state index in [0.717, 1.165) is 88.9 Å². The summed E-state index contributed by atoms with van der Waals surface area (Å²) in [6.45, 7) is 0. The average Bonchev–Trinajstić information content (AvgIpc) is 3.61. The first-order valence-electron chi connectivity index (χ1n) is 17.0. The van der Waals surface area contributed by atoms with E-state index in [4.69, 9.17) is 14.4 Å². The fourth-order valence-electron chi connectivity index (χ4n) is 6.93. The van der Waals surface area contributed by atoms with Gasteiger partial charge in [-0.2, -0.15) is 0 Å². The minimum Gasteiger partial charge on any atom is -0.437 e. The standard InChI is InChI=1S/C45H28N6O/c1-7-37(44-38(8-1)39-9-4-24-48-45(39)52-44)29-10-16-34(17-11-29)51(35-18-12-30(13-19-35)40-25-32-5-2-22-46-42(32)27-49-40)36-20-14-31(15-21-36)41-26-33-6-3-23-47-43(33)28-50-41/h1-28H. The predicted octanol–water partition coefficient (Wildman–Crippen LogP) is 11.3. The molecule has 0 saturated heterocycles. The molecule has 10 aromatic rings. The summed E-state index contributed by atoms with van der Waals surface area (Å²) in [5, 5.41) is 4.19. The summed E-state index contributed by atoms with van der Waals surface area (Å²) in [7, 11) is 0. The highest BCUT2D eigenvalue weighted by Gasteiger charge is 2.16. The highest BCUT2D eigenvalue weighted by molar-refractivity contribution is 6.08. The summed E-state index contributed by atoms with van der Waals surface area (Å²) in [5.41, 5.74) is 12.3. The SMILES string of the molecule is c1cnc2cnc(-c3ccc(N(c4ccc(-c5cc6cccnc6cn5)cc4)c4ccc(-c5cccc6c5oc5ncccc56)cc4)cc3)cc2c1. The maximum Gasteiger partial charge on any atom is 0.227 e. The van der Waals surface area contributed by atoms with Crippen molar-refractivity contribution in [1.29, 1.82) is 0 Å². The van der Waals surface area contributed by atoms with E-state index in [1.807, 2.05) is 30.6 Å². The molecule has 0 fully saturated rings. The number of hydrogen-bond acceptors (Lipinski definition) is 7. The zero-order valence-electron chi connectivity index (χ0n) is 27.8. The van der Waals surface area contributed by atoms with Gasteiger partial charge in [0.1, 0.15) is 5.58 Å². The van der Waals surface area contributed by atoms with Crippen LogP contribution < -0.4 is 4.90 Å². The van der Waals surface area contributed by atoms with Crippen molar-refractivity contribution in [2.45, 2.75) is 0 Å². The lowest BCUT2D eigenvalue weighted by atomic mass is 10.0. The maximum atomic E-state index is 6.26. The fourth-order valence-corrected chi connectivity index (χ4v) is 6.93. The van der Waals surface area contributed by atoms with Gasteiger partial charge in [-0.05, 0) is 78.4 Å². The van der Waals surface area contributed by atoms with Gasteiger partial charge >= 0.3 is 0 Å². The molecule has 7 nitrogen and oxygen atoms in total. The summed E-state index contributed by atoms with van der Waals surface area (Å²) < 4.78 is 6.26. The van der Waals surface area contributed by atoms with Crippen LogP contribution in [-0.4, -0.2) is 24.9 Å². The maximum absolute atomic E-state index is 6.26. The Morgan fingerprint density at radius 1 is 0.423 bits per heavy atom. The van der Waals surface area contributed by atoms with Gasteiger partial charge in [-0.3, -0.25) is 19.9 Å². The van der Waals surface area contributed by atoms with Gasteiger partial charge in [-0.15, -0.1) is 0 Å². The molecule has 10 rings (SSSR count). The third-order valence-corrected chi connectivity index (χ3v) is 9.53. The second kappa shape index (κ2) is 12.3. The van der Waals surface area contributed by atoms with Crippen molar-refractivity contribution in [3.05, 3.63) is 171 Å². The first-order chi connectivity index (χ1) is 25.7. The van der Waals surface area contributed by atoms with Crippen molar-refractivity contribution < 1.29 is 4.42 Å². The van der Waals surface area contributed by atoms with Crippen LogP contribution in [0.2, 0.25) is 0 Å². The molecule has 0 atom stereocenters. The number of nitrogens with zero attached hydrogens (tertiary/aromatic N) is 6. The van der Waals surface area contributed by atoms with Gasteiger partial charge in [0.25, 0.3) is 0 Å². The van der Waals surface area contributed by atoms with Gasteiger partial charge in [0.2, 0.25) is 5.71 Å². The second-order valence-corrected chi connectivity index (χ2v) is 12.6. The summed E-state index contributed by atoms with van der Waals surface area (Å²) >= 11 is 0. The van der Waals surface area contributed by atoms with Crippen molar-refractivity contribution in [3.8, 4) is 33.6 Å². The van der Waals surface area contributed by atoms with E-state index in [-0.39, 0.29) is 0 Å². The normalized spacial score (nSPS) is 11.5. The molecular formula is C45H28N6O. The Kier molecular flexibility index (Phi) is 6.99. The zero-order valence-corrected chi connectivity index (χ0v) is 27.8. The minimum absolute atomic E-state index is 0.644. The van der Waals surface area contributed by atoms with Crippen LogP contribution in [0.1, 0.15) is 0 Å². The van der Waals surface area contributed by atoms with Gasteiger partial charge in [0, 0.05) is 73.9 Å². The number of para-hydroxylation sites is 1. The monoisotopic (exact) mass is 668 g/mol. The molecule has 0 saturated carbocycles. The van der Waals surface area contributed by atoms with E-state index in [1.165, 1.54) is 0 Å². The quantitative estimate of drug-likeness (QED) is 0.174. The van der Waals surface area contributed by atoms with Gasteiger partial charge in [-0.25, -0.2) is 4.98 Å². The van der Waals surface area contributed by atoms with Gasteiger partial charge < -0.3 is 9.32 Å². The summed E-state index contributed by atoms with van der Waals surface area (Å²) in [5.74, 6) is 0. The molecule has 0 bridgehead atoms. The number of aromatic nitrogens is 5. The number of furan rings is 1. The first-order valence-corrected chi connectivity index (χ1v) is 17.0. The summed E-state index contributed by atoms with van der Waals surface area (Å²) in [6, 6.07) is 48.2. The van der Waals surface area contributed by atoms with Gasteiger partial charge in [-0.1, -0.05) is 66.7 Å². The van der Waals surface area contributed by atoms with Crippen molar-refractivity contribution >= 4 is 60.9 Å². The molecule has 0 aliphatic rings. The van der Waals surface area contributed by atoms with Crippen LogP contribution in [0.5, 0.6) is 0 Å². The van der Waals surface area contributed by atoms with Gasteiger partial charge in [0.05, 0.1) is 34.8 Å². The number of pyridine rings is 5. The molecule has 6 heterocycles. The lowest BCUT2D eigenvalue weighted by Gasteiger charge is -2.26. The molecule has 0 radical (unpaired) electrons. The molecular weight excluding hydrogens is 641 g/mol. The number of benzene rings is 4. The fraction of sp³-hybridized carbons (Fsp3) is 0. The first kappa shape index (κ1) is 29.6. The lowest BCUT2D eigenvalue weighted by Crippen LogP contribution is -2.09. The zero-order chi connectivity index (χ0) is 34.4. The topological polar surface area (TPSA) is 80.8 Å². The van der Waals surface area contributed by atoms with Crippen molar-refractivity contribution in [2.24, 2.45) is 0 Å². The number of hydrogen-bond donors (Lipinski definition) is 0. The van der Waals surface area contributed by atoms with Gasteiger partial charge in [0.15, 0.2) is 0 Å². The highest BCUT2D eigenvalue weighted by Crippen LogP contribution is 2.39. The van der Waals surface area contributed by atoms with E-state index in [9.17, 15) is 0 Å². The molecule has 4 aromatic carbocycles. The summed E-state index contributed by atoms with van der Waals surface area (Å²) in [4.78, 5) is 25.0. The Bertz CT molecular complexity index is 2780. The number of rotatable bonds is 6. The molecule has 52 heavy (non-hydrogen) atoms. The molecule has 6 aromatic heterocycles. The Morgan fingerprint density at radius 2 is 0.923 bits per heavy atom. The third kappa shape index (κ3) is 5.20. The summed E-state index contributed by atoms with van der Waals surface area (Å²) in [6.07, 6.45) is 9.00. The molecule has 0 aliphatic heterocycles. The van der Waals surface area contributed by atoms with E-state index < -0.39 is 0 Å². The molecule has 0 aliphatic carbocycles. The van der Waals surface area contributed by atoms with E-state index in [2.05, 4.69) is 141 Å². The Balaban J connectivity index is 1.04. The van der Waals surface area contributed by atoms with Crippen molar-refractivity contribution in [3.63, 3.8) is 0 Å². The van der Waals surface area contributed by atoms with Crippen LogP contribution in [0.15, 0.2) is 175 Å². The van der Waals surface area contributed by atoms with Crippen molar-refractivity contribution in [2.75, 3.05) is 4.90 Å². The van der Waals surface area contributed by atoms with Crippen LogP contribution in [0.25, 0.3) is 77.5 Å². The number of anilines is 3. The minimum atomic E-state index is 0.644. The molecule has 0 spiro atoms. The Hall–Kier alpha value is -7.25. The van der Waals surface area contributed by atoms with Crippen LogP contribution >= 0.6 is 0 Å². The molecule has 0 unspecified atom stereocenters.